The molecule has 0 aliphatic carbocycles. The Balaban J connectivity index is 1.52. The van der Waals surface area contributed by atoms with E-state index in [1.54, 1.807) is 29.0 Å². The van der Waals surface area contributed by atoms with Gasteiger partial charge in [-0.3, -0.25) is 9.89 Å². The van der Waals surface area contributed by atoms with Crippen LogP contribution in [0.3, 0.4) is 0 Å². The van der Waals surface area contributed by atoms with Gasteiger partial charge in [-0.1, -0.05) is 25.8 Å². The molecule has 0 radical (unpaired) electrons. The van der Waals surface area contributed by atoms with Gasteiger partial charge in [0.25, 0.3) is 5.91 Å². The van der Waals surface area contributed by atoms with E-state index in [1.165, 1.54) is 6.07 Å². The third kappa shape index (κ3) is 4.01. The van der Waals surface area contributed by atoms with E-state index in [1.807, 2.05) is 24.0 Å². The fourth-order valence-corrected chi connectivity index (χ4v) is 4.56. The van der Waals surface area contributed by atoms with Gasteiger partial charge in [0.15, 0.2) is 5.65 Å². The van der Waals surface area contributed by atoms with Crippen LogP contribution in [-0.2, 0) is 6.42 Å². The smallest absolute Gasteiger partial charge is 0.272 e. The number of H-pyrrole nitrogens is 1. The molecular formula is C25H27FN6O. The lowest BCUT2D eigenvalue weighted by Crippen LogP contribution is -2.38. The first-order valence-electron chi connectivity index (χ1n) is 11.5. The topological polar surface area (TPSA) is 79.2 Å². The van der Waals surface area contributed by atoms with Gasteiger partial charge in [-0.2, -0.15) is 10.2 Å². The molecule has 4 aromatic rings. The number of aromatic nitrogens is 5. The van der Waals surface area contributed by atoms with Crippen LogP contribution in [0.5, 0.6) is 0 Å². The highest BCUT2D eigenvalue weighted by Crippen LogP contribution is 2.28. The van der Waals surface area contributed by atoms with Gasteiger partial charge in [0.1, 0.15) is 11.5 Å². The van der Waals surface area contributed by atoms with Gasteiger partial charge in [-0.25, -0.2) is 13.9 Å². The number of likely N-dealkylation sites (tertiary alicyclic amines) is 1. The van der Waals surface area contributed by atoms with Crippen molar-refractivity contribution in [2.24, 2.45) is 0 Å². The predicted molar refractivity (Wildman–Crippen MR) is 124 cm³/mol. The van der Waals surface area contributed by atoms with E-state index >= 15 is 4.39 Å². The van der Waals surface area contributed by atoms with Crippen LogP contribution in [-0.4, -0.2) is 48.2 Å². The summed E-state index contributed by atoms with van der Waals surface area (Å²) in [5.41, 5.74) is 4.28. The molecule has 1 aliphatic heterocycles. The Morgan fingerprint density at radius 3 is 2.82 bits per heavy atom. The van der Waals surface area contributed by atoms with Crippen molar-refractivity contribution in [3.63, 3.8) is 0 Å². The van der Waals surface area contributed by atoms with Crippen LogP contribution < -0.4 is 0 Å². The second kappa shape index (κ2) is 8.77. The summed E-state index contributed by atoms with van der Waals surface area (Å²) in [5.74, 6) is -0.412. The fourth-order valence-electron chi connectivity index (χ4n) is 4.56. The highest BCUT2D eigenvalue weighted by molar-refractivity contribution is 5.93. The summed E-state index contributed by atoms with van der Waals surface area (Å²) in [6, 6.07) is 8.81. The van der Waals surface area contributed by atoms with Gasteiger partial charge in [0.05, 0.1) is 11.9 Å². The molecule has 0 saturated carbocycles. The van der Waals surface area contributed by atoms with Crippen molar-refractivity contribution in [2.75, 3.05) is 6.54 Å². The van der Waals surface area contributed by atoms with Gasteiger partial charge in [0, 0.05) is 41.7 Å². The van der Waals surface area contributed by atoms with Gasteiger partial charge < -0.3 is 4.90 Å². The lowest BCUT2D eigenvalue weighted by atomic mass is 10.0. The number of aromatic amines is 1. The van der Waals surface area contributed by atoms with Crippen LogP contribution in [0.15, 0.2) is 42.7 Å². The number of carbonyl (C=O) groups excluding carboxylic acids is 1. The summed E-state index contributed by atoms with van der Waals surface area (Å²) in [7, 11) is 0. The van der Waals surface area contributed by atoms with Gasteiger partial charge in [-0.15, -0.1) is 0 Å². The molecule has 8 heteroatoms. The van der Waals surface area contributed by atoms with Crippen LogP contribution in [0, 0.1) is 5.82 Å². The highest BCUT2D eigenvalue weighted by Gasteiger charge is 2.25. The van der Waals surface area contributed by atoms with Crippen LogP contribution in [0.1, 0.15) is 55.7 Å². The zero-order valence-corrected chi connectivity index (χ0v) is 18.9. The second-order valence-corrected chi connectivity index (χ2v) is 8.66. The largest absolute Gasteiger partial charge is 0.335 e. The first kappa shape index (κ1) is 21.3. The molecule has 0 bridgehead atoms. The number of nitrogens with zero attached hydrogens (tertiary/aromatic N) is 5. The maximum Gasteiger partial charge on any atom is 0.272 e. The molecule has 3 aromatic heterocycles. The molecule has 1 saturated heterocycles. The highest BCUT2D eigenvalue weighted by atomic mass is 19.1. The van der Waals surface area contributed by atoms with Crippen LogP contribution in [0.25, 0.3) is 28.0 Å². The molecule has 1 aliphatic rings. The van der Waals surface area contributed by atoms with Crippen LogP contribution >= 0.6 is 0 Å². The Labute approximate surface area is 191 Å². The summed E-state index contributed by atoms with van der Waals surface area (Å²) in [6.07, 6.45) is 8.38. The minimum Gasteiger partial charge on any atom is -0.335 e. The van der Waals surface area contributed by atoms with E-state index in [0.29, 0.717) is 29.0 Å². The van der Waals surface area contributed by atoms with Crippen molar-refractivity contribution in [1.29, 1.82) is 0 Å². The zero-order valence-electron chi connectivity index (χ0n) is 18.9. The summed E-state index contributed by atoms with van der Waals surface area (Å²) < 4.78 is 16.7. The molecule has 1 unspecified atom stereocenters. The number of carbonyl (C=O) groups is 1. The molecular weight excluding hydrogens is 419 g/mol. The number of amides is 1. The van der Waals surface area contributed by atoms with Gasteiger partial charge in [0.2, 0.25) is 0 Å². The standard InChI is InChI=1S/C25H27FN6O/c1-3-19-12-23(25(33)31-10-6-4-5-7-16(31)2)29-24-13-22(30-32(19)24)20-9-8-17(11-21(20)26)18-14-27-28-15-18/h8-9,11-16H,3-7,10H2,1-2H3,(H,27,28). The predicted octanol–water partition coefficient (Wildman–Crippen LogP) is 4.89. The summed E-state index contributed by atoms with van der Waals surface area (Å²) in [4.78, 5) is 19.9. The Morgan fingerprint density at radius 2 is 2.06 bits per heavy atom. The van der Waals surface area contributed by atoms with Crippen molar-refractivity contribution in [1.82, 2.24) is 29.7 Å². The Kier molecular flexibility index (Phi) is 5.66. The molecule has 33 heavy (non-hydrogen) atoms. The van der Waals surface area contributed by atoms with E-state index in [4.69, 9.17) is 0 Å². The van der Waals surface area contributed by atoms with E-state index in [9.17, 15) is 4.79 Å². The first-order chi connectivity index (χ1) is 16.0. The molecule has 0 spiro atoms. The van der Waals surface area contributed by atoms with Gasteiger partial charge >= 0.3 is 0 Å². The van der Waals surface area contributed by atoms with E-state index < -0.39 is 0 Å². The molecule has 1 amide bonds. The third-order valence-electron chi connectivity index (χ3n) is 6.47. The number of benzene rings is 1. The van der Waals surface area contributed by atoms with Crippen LogP contribution in [0.4, 0.5) is 4.39 Å². The molecule has 1 aromatic carbocycles. The minimum absolute atomic E-state index is 0.0417. The number of aryl methyl sites for hydroxylation is 1. The summed E-state index contributed by atoms with van der Waals surface area (Å²) in [6.45, 7) is 4.88. The van der Waals surface area contributed by atoms with Crippen molar-refractivity contribution in [3.05, 3.63) is 59.9 Å². The monoisotopic (exact) mass is 446 g/mol. The molecule has 7 nitrogen and oxygen atoms in total. The second-order valence-electron chi connectivity index (χ2n) is 8.66. The lowest BCUT2D eigenvalue weighted by molar-refractivity contribution is 0.0692. The molecule has 1 N–H and O–H groups in total. The zero-order chi connectivity index (χ0) is 22.9. The maximum absolute atomic E-state index is 15.0. The van der Waals surface area contributed by atoms with Gasteiger partial charge in [-0.05, 0) is 49.9 Å². The lowest BCUT2D eigenvalue weighted by Gasteiger charge is -2.27. The summed E-state index contributed by atoms with van der Waals surface area (Å²) in [5, 5.41) is 11.3. The average molecular weight is 447 g/mol. The summed E-state index contributed by atoms with van der Waals surface area (Å²) >= 11 is 0. The van der Waals surface area contributed by atoms with Crippen molar-refractivity contribution in [2.45, 2.75) is 52.0 Å². The molecule has 5 rings (SSSR count). The van der Waals surface area contributed by atoms with E-state index in [2.05, 4.69) is 27.2 Å². The van der Waals surface area contributed by atoms with E-state index in [0.717, 1.165) is 49.0 Å². The quantitative estimate of drug-likeness (QED) is 0.484. The Morgan fingerprint density at radius 1 is 1.18 bits per heavy atom. The maximum atomic E-state index is 15.0. The minimum atomic E-state index is -0.371. The third-order valence-corrected chi connectivity index (χ3v) is 6.47. The number of halogens is 1. The molecule has 170 valence electrons. The number of nitrogens with one attached hydrogen (secondary N) is 1. The molecule has 1 atom stereocenters. The average Bonchev–Trinajstić information content (AvgIpc) is 3.45. The van der Waals surface area contributed by atoms with Crippen molar-refractivity contribution in [3.8, 4) is 22.4 Å². The Hall–Kier alpha value is -3.55. The van der Waals surface area contributed by atoms with Crippen molar-refractivity contribution >= 4 is 11.6 Å². The van der Waals surface area contributed by atoms with Crippen molar-refractivity contribution < 1.29 is 9.18 Å². The van der Waals surface area contributed by atoms with Crippen LogP contribution in [0.2, 0.25) is 0 Å². The fraction of sp³-hybridized carbons (Fsp3) is 0.360. The number of hydrogen-bond donors (Lipinski definition) is 1. The molecule has 1 fully saturated rings. The first-order valence-corrected chi connectivity index (χ1v) is 11.5. The van der Waals surface area contributed by atoms with E-state index in [-0.39, 0.29) is 17.8 Å². The normalized spacial score (nSPS) is 16.8. The molecule has 4 heterocycles. The number of fused-ring (bicyclic) bond motifs is 1. The SMILES string of the molecule is CCc1cc(C(=O)N2CCCCCC2C)nc2cc(-c3ccc(-c4cn[nH]c4)cc3F)nn12. The Bertz CT molecular complexity index is 1300. The number of hydrogen-bond acceptors (Lipinski definition) is 4. The number of rotatable bonds is 4.